The zero-order valence-electron chi connectivity index (χ0n) is 31.9. The Morgan fingerprint density at radius 3 is 1.58 bits per heavy atom. The number of aliphatic carboxylic acids is 1. The van der Waals surface area contributed by atoms with E-state index in [4.69, 9.17) is 43.7 Å². The number of aliphatic hydroxyl groups excluding tert-OH is 8. The van der Waals surface area contributed by atoms with Crippen LogP contribution in [0.1, 0.15) is 20.8 Å². The molecule has 0 spiro atoms. The van der Waals surface area contributed by atoms with Gasteiger partial charge in [0.25, 0.3) is 5.91 Å². The molecule has 0 radical (unpaired) electrons. The number of ether oxygens (including phenoxy) is 8. The second-order valence-electron chi connectivity index (χ2n) is 14.0. The normalized spacial score (nSPS) is 42.5. The lowest BCUT2D eigenvalue weighted by Crippen LogP contribution is -2.71. The van der Waals surface area contributed by atoms with Crippen LogP contribution in [0.15, 0.2) is 0 Å². The van der Waals surface area contributed by atoms with Gasteiger partial charge >= 0.3 is 12.0 Å². The Balaban J connectivity index is 1.70. The number of hydrazine groups is 2. The van der Waals surface area contributed by atoms with Crippen LogP contribution in [0.4, 0.5) is 4.79 Å². The molecule has 4 rings (SSSR count). The SMILES string of the molecule is COC1C(C(=O)O)OC(OC2C(O)C(CO)OC(OC3C(C(=O)NNC(=O)NN)OC(OC4C(O)C(CO)OC(C)C4NC(C)=O)C(O)C3O)C2NC(C)=O)C(O)C1O. The fourth-order valence-corrected chi connectivity index (χ4v) is 7.03. The van der Waals surface area contributed by atoms with Crippen LogP contribution in [-0.4, -0.2) is 219 Å². The number of amides is 5. The standard InChI is InChI=1S/C31H52N6O22/c1-7-12(33-8(2)40)20(14(42)10(5-38)53-7)55-29-19(47)17(45)23(24(58-29)26(48)36-37-31(51)35-32)57-28-13(34-9(3)41)21(15(43)11(6-39)54-28)56-30-18(46)16(44)22(52-4)25(59-30)27(49)50/h7,10-25,28-30,38-39,42-47H,5-6,32H2,1-4H3,(H,33,40)(H,34,41)(H,36,48)(H,49,50)(H2,35,37,51). The third-order valence-corrected chi connectivity index (χ3v) is 9.91. The summed E-state index contributed by atoms with van der Waals surface area (Å²) in [6, 6.07) is -4.11. The number of carbonyl (C=O) groups is 5. The maximum atomic E-state index is 13.6. The first-order valence-corrected chi connectivity index (χ1v) is 18.0. The maximum Gasteiger partial charge on any atom is 0.347 e. The van der Waals surface area contributed by atoms with Crippen molar-refractivity contribution in [1.29, 1.82) is 0 Å². The number of urea groups is 1. The van der Waals surface area contributed by atoms with Crippen molar-refractivity contribution in [3.05, 3.63) is 0 Å². The second kappa shape index (κ2) is 20.8. The summed E-state index contributed by atoms with van der Waals surface area (Å²) >= 11 is 0. The van der Waals surface area contributed by atoms with Crippen LogP contribution in [0.25, 0.3) is 0 Å². The van der Waals surface area contributed by atoms with E-state index in [1.807, 2.05) is 10.9 Å². The van der Waals surface area contributed by atoms with Gasteiger partial charge < -0.3 is 94.5 Å². The van der Waals surface area contributed by atoms with Crippen LogP contribution in [-0.2, 0) is 57.1 Å². The molecule has 0 aromatic rings. The molecule has 0 aromatic heterocycles. The second-order valence-corrected chi connectivity index (χ2v) is 14.0. The number of aliphatic hydroxyl groups is 8. The molecule has 0 bridgehead atoms. The molecule has 4 aliphatic heterocycles. The van der Waals surface area contributed by atoms with Gasteiger partial charge in [-0.15, -0.1) is 0 Å². The zero-order chi connectivity index (χ0) is 44.0. The molecule has 28 heteroatoms. The van der Waals surface area contributed by atoms with E-state index in [9.17, 15) is 69.9 Å². The molecule has 20 atom stereocenters. The van der Waals surface area contributed by atoms with Gasteiger partial charge in [0.05, 0.1) is 25.4 Å². The van der Waals surface area contributed by atoms with Gasteiger partial charge in [-0.2, -0.15) is 0 Å². The van der Waals surface area contributed by atoms with Crippen LogP contribution in [0, 0.1) is 0 Å². The Morgan fingerprint density at radius 1 is 0.610 bits per heavy atom. The van der Waals surface area contributed by atoms with Crippen molar-refractivity contribution in [2.75, 3.05) is 20.3 Å². The van der Waals surface area contributed by atoms with E-state index in [2.05, 4.69) is 10.6 Å². The summed E-state index contributed by atoms with van der Waals surface area (Å²) in [5, 5.41) is 101. The van der Waals surface area contributed by atoms with Crippen molar-refractivity contribution in [3.8, 4) is 0 Å². The first-order chi connectivity index (χ1) is 27.8. The van der Waals surface area contributed by atoms with E-state index in [1.165, 1.54) is 6.92 Å². The van der Waals surface area contributed by atoms with E-state index in [0.717, 1.165) is 21.0 Å². The maximum absolute atomic E-state index is 13.6. The molecular formula is C31H52N6O22. The van der Waals surface area contributed by atoms with E-state index in [0.29, 0.717) is 0 Å². The average Bonchev–Trinajstić information content (AvgIpc) is 3.18. The minimum atomic E-state index is -2.27. The number of nitrogens with one attached hydrogen (secondary N) is 5. The summed E-state index contributed by atoms with van der Waals surface area (Å²) in [6.07, 6.45) is -33.4. The molecule has 16 N–H and O–H groups in total. The molecule has 28 nitrogen and oxygen atoms in total. The fourth-order valence-electron chi connectivity index (χ4n) is 7.03. The smallest absolute Gasteiger partial charge is 0.347 e. The molecule has 0 aliphatic carbocycles. The number of carboxylic acids is 1. The van der Waals surface area contributed by atoms with Crippen molar-refractivity contribution in [3.63, 3.8) is 0 Å². The Bertz CT molecular complexity index is 1470. The summed E-state index contributed by atoms with van der Waals surface area (Å²) in [6.45, 7) is 1.88. The molecule has 5 amide bonds. The highest BCUT2D eigenvalue weighted by Gasteiger charge is 2.57. The van der Waals surface area contributed by atoms with Crippen LogP contribution >= 0.6 is 0 Å². The van der Waals surface area contributed by atoms with E-state index in [-0.39, 0.29) is 0 Å². The minimum absolute atomic E-state index is 0.606. The molecule has 0 saturated carbocycles. The summed E-state index contributed by atoms with van der Waals surface area (Å²) in [4.78, 5) is 62.0. The molecule has 0 aromatic carbocycles. The summed E-state index contributed by atoms with van der Waals surface area (Å²) in [5.41, 5.74) is 5.45. The van der Waals surface area contributed by atoms with Gasteiger partial charge in [-0.3, -0.25) is 25.2 Å². The number of carbonyl (C=O) groups excluding carboxylic acids is 4. The molecule has 4 heterocycles. The summed E-state index contributed by atoms with van der Waals surface area (Å²) in [5.74, 6) is 0.611. The number of methoxy groups -OCH3 is 1. The average molecular weight is 861 g/mol. The highest BCUT2D eigenvalue weighted by Crippen LogP contribution is 2.35. The third-order valence-electron chi connectivity index (χ3n) is 9.91. The molecule has 338 valence electrons. The first-order valence-electron chi connectivity index (χ1n) is 18.0. The number of carboxylic acid groups (broad SMARTS) is 1. The third kappa shape index (κ3) is 10.9. The summed E-state index contributed by atoms with van der Waals surface area (Å²) < 4.78 is 44.9. The summed E-state index contributed by atoms with van der Waals surface area (Å²) in [7, 11) is 1.04. The monoisotopic (exact) mass is 860 g/mol. The Labute approximate surface area is 334 Å². The quantitative estimate of drug-likeness (QED) is 0.0464. The van der Waals surface area contributed by atoms with Crippen LogP contribution < -0.4 is 32.8 Å². The predicted molar refractivity (Wildman–Crippen MR) is 183 cm³/mol. The number of nitrogens with two attached hydrogens (primary N) is 1. The number of hydrogen-bond donors (Lipinski definition) is 15. The van der Waals surface area contributed by atoms with Crippen molar-refractivity contribution >= 4 is 29.7 Å². The minimum Gasteiger partial charge on any atom is -0.479 e. The fraction of sp³-hybridized carbons (Fsp3) is 0.839. The lowest BCUT2D eigenvalue weighted by atomic mass is 9.92. The Morgan fingerprint density at radius 2 is 1.08 bits per heavy atom. The zero-order valence-corrected chi connectivity index (χ0v) is 31.9. The van der Waals surface area contributed by atoms with Crippen LogP contribution in [0.5, 0.6) is 0 Å². The van der Waals surface area contributed by atoms with Gasteiger partial charge in [-0.25, -0.2) is 20.9 Å². The van der Waals surface area contributed by atoms with Crippen LogP contribution in [0.3, 0.4) is 0 Å². The van der Waals surface area contributed by atoms with E-state index in [1.54, 1.807) is 5.43 Å². The molecule has 20 unspecified atom stereocenters. The van der Waals surface area contributed by atoms with Gasteiger partial charge in [-0.1, -0.05) is 0 Å². The Hall–Kier alpha value is -3.53. The topological polar surface area (TPSA) is 427 Å². The largest absolute Gasteiger partial charge is 0.479 e. The van der Waals surface area contributed by atoms with Crippen molar-refractivity contribution < 1.29 is 108 Å². The highest BCUT2D eigenvalue weighted by molar-refractivity contribution is 5.84. The van der Waals surface area contributed by atoms with Gasteiger partial charge in [0.1, 0.15) is 79.3 Å². The molecule has 59 heavy (non-hydrogen) atoms. The highest BCUT2D eigenvalue weighted by atomic mass is 16.8. The lowest BCUT2D eigenvalue weighted by molar-refractivity contribution is -0.365. The molecule has 4 aliphatic rings. The molecule has 4 fully saturated rings. The van der Waals surface area contributed by atoms with Gasteiger partial charge in [0.2, 0.25) is 11.8 Å². The lowest BCUT2D eigenvalue weighted by Gasteiger charge is -2.50. The number of hydrogen-bond acceptors (Lipinski definition) is 22. The van der Waals surface area contributed by atoms with E-state index < -0.39 is 165 Å². The van der Waals surface area contributed by atoms with E-state index >= 15 is 0 Å². The van der Waals surface area contributed by atoms with Crippen molar-refractivity contribution in [2.45, 2.75) is 143 Å². The predicted octanol–water partition coefficient (Wildman–Crippen LogP) is -9.43. The van der Waals surface area contributed by atoms with Gasteiger partial charge in [0.15, 0.2) is 31.1 Å². The van der Waals surface area contributed by atoms with Crippen LogP contribution in [0.2, 0.25) is 0 Å². The Kier molecular flexibility index (Phi) is 17.0. The molecular weight excluding hydrogens is 808 g/mol. The first kappa shape index (κ1) is 48.1. The molecule has 4 saturated heterocycles. The number of rotatable bonds is 13. The van der Waals surface area contributed by atoms with Crippen molar-refractivity contribution in [1.82, 2.24) is 26.9 Å². The van der Waals surface area contributed by atoms with Gasteiger partial charge in [-0.05, 0) is 6.92 Å². The van der Waals surface area contributed by atoms with Crippen molar-refractivity contribution in [2.24, 2.45) is 5.84 Å². The van der Waals surface area contributed by atoms with Gasteiger partial charge in [0, 0.05) is 21.0 Å².